The third-order valence-electron chi connectivity index (χ3n) is 5.88. The highest BCUT2D eigenvalue weighted by atomic mass is 16.6. The molecule has 0 amide bonds. The molecule has 0 radical (unpaired) electrons. The van der Waals surface area contributed by atoms with Crippen molar-refractivity contribution in [1.82, 2.24) is 0 Å². The fraction of sp³-hybridized carbons (Fsp3) is 0.458. The summed E-state index contributed by atoms with van der Waals surface area (Å²) in [6.07, 6.45) is 3.55. The predicted octanol–water partition coefficient (Wildman–Crippen LogP) is 4.56. The minimum Gasteiger partial charge on any atom is -0.624 e. The van der Waals surface area contributed by atoms with Gasteiger partial charge in [0.2, 0.25) is 0 Å². The molecule has 1 heterocycles. The number of hydrogen-bond acceptors (Lipinski definition) is 3. The molecule has 2 aromatic carbocycles. The van der Waals surface area contributed by atoms with Gasteiger partial charge in [0.05, 0.1) is 18.8 Å². The summed E-state index contributed by atoms with van der Waals surface area (Å²) < 4.78 is 13.6. The van der Waals surface area contributed by atoms with Crippen molar-refractivity contribution < 1.29 is 14.2 Å². The molecule has 4 atom stereocenters. The normalized spacial score (nSPS) is 29.0. The van der Waals surface area contributed by atoms with E-state index in [0.717, 1.165) is 28.7 Å². The summed E-state index contributed by atoms with van der Waals surface area (Å²) in [4.78, 5) is 0. The average Bonchev–Trinajstić information content (AvgIpc) is 3.12. The number of hydrogen-bond donors (Lipinski definition) is 0. The van der Waals surface area contributed by atoms with E-state index in [2.05, 4.69) is 26.0 Å². The molecule has 0 spiro atoms. The lowest BCUT2D eigenvalue weighted by Gasteiger charge is -2.24. The van der Waals surface area contributed by atoms with Gasteiger partial charge >= 0.3 is 0 Å². The van der Waals surface area contributed by atoms with Crippen molar-refractivity contribution in [3.63, 3.8) is 0 Å². The van der Waals surface area contributed by atoms with Crippen LogP contribution in [0.5, 0.6) is 0 Å². The lowest BCUT2D eigenvalue weighted by atomic mass is 9.88. The number of ether oxygens (including phenoxy) is 2. The Kier molecular flexibility index (Phi) is 5.51. The third-order valence-corrected chi connectivity index (χ3v) is 5.88. The highest BCUT2D eigenvalue weighted by Gasteiger charge is 2.53. The Morgan fingerprint density at radius 3 is 2.36 bits per heavy atom. The molecule has 4 heteroatoms. The highest BCUT2D eigenvalue weighted by molar-refractivity contribution is 5.60. The Bertz CT molecular complexity index is 803. The summed E-state index contributed by atoms with van der Waals surface area (Å²) in [5.74, 6) is 0.338. The Balaban J connectivity index is 1.49. The summed E-state index contributed by atoms with van der Waals surface area (Å²) in [6.45, 7) is 5.45. The first-order chi connectivity index (χ1) is 13.5. The number of rotatable bonds is 6. The van der Waals surface area contributed by atoms with Gasteiger partial charge in [-0.25, -0.2) is 4.74 Å². The van der Waals surface area contributed by atoms with E-state index in [-0.39, 0.29) is 23.7 Å². The number of benzene rings is 2. The maximum absolute atomic E-state index is 12.6. The number of fused-ring (bicyclic) bond motifs is 1. The molecule has 1 saturated heterocycles. The zero-order valence-electron chi connectivity index (χ0n) is 16.7. The maximum Gasteiger partial charge on any atom is 0.182 e. The first-order valence-electron chi connectivity index (χ1n) is 10.1. The fourth-order valence-corrected chi connectivity index (χ4v) is 4.63. The van der Waals surface area contributed by atoms with Gasteiger partial charge < -0.3 is 14.7 Å². The SMILES string of the molecule is CC1(C)CC2OC(C=[N+]([O-])Cc3ccccc3)C(OCc3ccccc3)C2C1. The van der Waals surface area contributed by atoms with Gasteiger partial charge in [-0.15, -0.1) is 0 Å². The first-order valence-corrected chi connectivity index (χ1v) is 10.1. The van der Waals surface area contributed by atoms with Crippen LogP contribution in [0.4, 0.5) is 0 Å². The van der Waals surface area contributed by atoms with Gasteiger partial charge in [0.1, 0.15) is 0 Å². The van der Waals surface area contributed by atoms with E-state index in [1.54, 1.807) is 6.21 Å². The van der Waals surface area contributed by atoms with Crippen LogP contribution in [0.3, 0.4) is 0 Å². The van der Waals surface area contributed by atoms with E-state index < -0.39 is 0 Å². The molecule has 1 aliphatic heterocycles. The second-order valence-electron chi connectivity index (χ2n) is 8.85. The summed E-state index contributed by atoms with van der Waals surface area (Å²) in [6, 6.07) is 20.0. The van der Waals surface area contributed by atoms with Crippen molar-refractivity contribution in [1.29, 1.82) is 0 Å². The monoisotopic (exact) mass is 379 g/mol. The summed E-state index contributed by atoms with van der Waals surface area (Å²) in [7, 11) is 0. The lowest BCUT2D eigenvalue weighted by Crippen LogP contribution is -2.33. The van der Waals surface area contributed by atoms with Gasteiger partial charge in [0.25, 0.3) is 0 Å². The van der Waals surface area contributed by atoms with E-state index in [1.165, 1.54) is 0 Å². The predicted molar refractivity (Wildman–Crippen MR) is 110 cm³/mol. The molecule has 0 N–H and O–H groups in total. The Labute approximate surface area is 167 Å². The molecule has 4 unspecified atom stereocenters. The molecular weight excluding hydrogens is 350 g/mol. The zero-order valence-corrected chi connectivity index (χ0v) is 16.7. The molecule has 28 heavy (non-hydrogen) atoms. The molecular formula is C24H29NO3. The molecule has 0 aromatic heterocycles. The molecule has 2 aromatic rings. The summed E-state index contributed by atoms with van der Waals surface area (Å²) in [5.41, 5.74) is 2.40. The quantitative estimate of drug-likeness (QED) is 0.320. The van der Waals surface area contributed by atoms with Crippen LogP contribution in [0.15, 0.2) is 60.7 Å². The number of nitrogens with zero attached hydrogens (tertiary/aromatic N) is 1. The average molecular weight is 380 g/mol. The molecule has 1 aliphatic carbocycles. The zero-order chi connectivity index (χ0) is 19.6. The minimum atomic E-state index is -0.295. The van der Waals surface area contributed by atoms with Crippen LogP contribution in [0.25, 0.3) is 0 Å². The van der Waals surface area contributed by atoms with E-state index in [4.69, 9.17) is 9.47 Å². The van der Waals surface area contributed by atoms with Gasteiger partial charge in [0.15, 0.2) is 18.9 Å². The van der Waals surface area contributed by atoms with Crippen LogP contribution in [0.2, 0.25) is 0 Å². The molecule has 4 rings (SSSR count). The van der Waals surface area contributed by atoms with E-state index in [9.17, 15) is 5.21 Å². The molecule has 1 saturated carbocycles. The molecule has 2 fully saturated rings. The second-order valence-corrected chi connectivity index (χ2v) is 8.85. The van der Waals surface area contributed by atoms with Crippen LogP contribution in [-0.4, -0.2) is 29.3 Å². The largest absolute Gasteiger partial charge is 0.624 e. The van der Waals surface area contributed by atoms with Crippen molar-refractivity contribution in [2.24, 2.45) is 11.3 Å². The van der Waals surface area contributed by atoms with Crippen molar-refractivity contribution in [2.75, 3.05) is 0 Å². The smallest absolute Gasteiger partial charge is 0.182 e. The topological polar surface area (TPSA) is 44.5 Å². The molecule has 2 aliphatic rings. The molecule has 4 nitrogen and oxygen atoms in total. The van der Waals surface area contributed by atoms with Gasteiger partial charge in [0, 0.05) is 11.5 Å². The molecule has 148 valence electrons. The van der Waals surface area contributed by atoms with Crippen molar-refractivity contribution in [3.05, 3.63) is 77.0 Å². The first kappa shape index (κ1) is 19.2. The second kappa shape index (κ2) is 8.06. The number of hydroxylamine groups is 1. The van der Waals surface area contributed by atoms with Gasteiger partial charge in [-0.3, -0.25) is 0 Å². The van der Waals surface area contributed by atoms with E-state index >= 15 is 0 Å². The standard InChI is InChI=1S/C24H29NO3/c1-24(2)13-20-21(14-24)28-22(16-25(26)15-18-9-5-3-6-10-18)23(20)27-17-19-11-7-4-8-12-19/h3-12,16,20-23H,13-15,17H2,1-2H3. The van der Waals surface area contributed by atoms with Crippen LogP contribution in [0.1, 0.15) is 37.8 Å². The Morgan fingerprint density at radius 1 is 1.04 bits per heavy atom. The van der Waals surface area contributed by atoms with Crippen molar-refractivity contribution >= 4 is 6.21 Å². The van der Waals surface area contributed by atoms with Gasteiger partial charge in [-0.2, -0.15) is 0 Å². The fourth-order valence-electron chi connectivity index (χ4n) is 4.63. The van der Waals surface area contributed by atoms with Crippen molar-refractivity contribution in [3.8, 4) is 0 Å². The minimum absolute atomic E-state index is 0.0841. The van der Waals surface area contributed by atoms with Crippen LogP contribution < -0.4 is 0 Å². The third kappa shape index (κ3) is 4.45. The van der Waals surface area contributed by atoms with Crippen LogP contribution in [-0.2, 0) is 22.6 Å². The lowest BCUT2D eigenvalue weighted by molar-refractivity contribution is -0.473. The van der Waals surface area contributed by atoms with Crippen molar-refractivity contribution in [2.45, 2.75) is 58.2 Å². The van der Waals surface area contributed by atoms with E-state index in [0.29, 0.717) is 19.1 Å². The van der Waals surface area contributed by atoms with Gasteiger partial charge in [-0.1, -0.05) is 74.5 Å². The van der Waals surface area contributed by atoms with Gasteiger partial charge in [-0.05, 0) is 23.8 Å². The van der Waals surface area contributed by atoms with Crippen LogP contribution in [0, 0.1) is 16.5 Å². The molecule has 0 bridgehead atoms. The maximum atomic E-state index is 12.6. The Hall–Kier alpha value is -2.17. The highest BCUT2D eigenvalue weighted by Crippen LogP contribution is 2.49. The van der Waals surface area contributed by atoms with Crippen LogP contribution >= 0.6 is 0 Å². The summed E-state index contributed by atoms with van der Waals surface area (Å²) >= 11 is 0. The van der Waals surface area contributed by atoms with E-state index in [1.807, 2.05) is 48.5 Å². The summed E-state index contributed by atoms with van der Waals surface area (Å²) in [5, 5.41) is 12.6. The Morgan fingerprint density at radius 2 is 1.68 bits per heavy atom.